The molecule has 0 aliphatic heterocycles. The molecule has 1 heterocycles. The van der Waals surface area contributed by atoms with E-state index in [-0.39, 0.29) is 25.2 Å². The second kappa shape index (κ2) is 6.94. The van der Waals surface area contributed by atoms with Crippen molar-refractivity contribution in [2.24, 2.45) is 7.05 Å². The number of ether oxygens (including phenoxy) is 1. The summed E-state index contributed by atoms with van der Waals surface area (Å²) in [7, 11) is 1.76. The number of ketones is 1. The summed E-state index contributed by atoms with van der Waals surface area (Å²) in [6, 6.07) is 0. The highest BCUT2D eigenvalue weighted by Gasteiger charge is 2.14. The third-order valence-corrected chi connectivity index (χ3v) is 3.43. The first-order chi connectivity index (χ1) is 8.41. The minimum Gasteiger partial charge on any atom is -0.375 e. The minimum atomic E-state index is -2.49. The summed E-state index contributed by atoms with van der Waals surface area (Å²) in [6.45, 7) is 1.24. The molecule has 0 aliphatic carbocycles. The summed E-state index contributed by atoms with van der Waals surface area (Å²) in [5.74, 6) is -0.0621. The third-order valence-electron chi connectivity index (χ3n) is 2.40. The molecule has 0 unspecified atom stereocenters. The van der Waals surface area contributed by atoms with E-state index in [1.165, 1.54) is 0 Å². The number of Topliss-reactive ketones (excluding diaryl/α,β-unsaturated/α-hetero) is 1. The fraction of sp³-hybridized carbons (Fsp3) is 0.636. The predicted octanol–water partition coefficient (Wildman–Crippen LogP) is 2.27. The fourth-order valence-electron chi connectivity index (χ4n) is 1.51. The molecule has 1 aromatic rings. The van der Waals surface area contributed by atoms with Gasteiger partial charge in [0, 0.05) is 19.9 Å². The van der Waals surface area contributed by atoms with Gasteiger partial charge in [-0.15, -0.1) is 0 Å². The third kappa shape index (κ3) is 4.45. The summed E-state index contributed by atoms with van der Waals surface area (Å²) < 4.78 is 30.7. The van der Waals surface area contributed by atoms with Crippen LogP contribution < -0.4 is 0 Å². The highest BCUT2D eigenvalue weighted by atomic mass is 79.9. The number of aromatic nitrogens is 2. The highest BCUT2D eigenvalue weighted by Crippen LogP contribution is 2.20. The molecule has 1 aromatic heterocycles. The van der Waals surface area contributed by atoms with Gasteiger partial charge in [0.05, 0.1) is 22.5 Å². The van der Waals surface area contributed by atoms with Crippen molar-refractivity contribution in [3.63, 3.8) is 0 Å². The predicted molar refractivity (Wildman–Crippen MR) is 65.8 cm³/mol. The maximum Gasteiger partial charge on any atom is 0.261 e. The highest BCUT2D eigenvalue weighted by molar-refractivity contribution is 9.10. The van der Waals surface area contributed by atoms with Gasteiger partial charge in [-0.05, 0) is 22.9 Å². The van der Waals surface area contributed by atoms with Gasteiger partial charge in [0.25, 0.3) is 6.43 Å². The lowest BCUT2D eigenvalue weighted by Crippen LogP contribution is -2.12. The number of rotatable bonds is 7. The topological polar surface area (TPSA) is 44.1 Å². The molecule has 0 fully saturated rings. The van der Waals surface area contributed by atoms with Gasteiger partial charge in [-0.3, -0.25) is 9.48 Å². The van der Waals surface area contributed by atoms with Crippen LogP contribution in [0.5, 0.6) is 0 Å². The Morgan fingerprint density at radius 1 is 1.56 bits per heavy atom. The van der Waals surface area contributed by atoms with E-state index in [9.17, 15) is 13.6 Å². The lowest BCUT2D eigenvalue weighted by Gasteiger charge is -2.04. The van der Waals surface area contributed by atoms with E-state index < -0.39 is 13.0 Å². The van der Waals surface area contributed by atoms with Crippen LogP contribution >= 0.6 is 15.9 Å². The number of alkyl halides is 2. The van der Waals surface area contributed by atoms with Crippen molar-refractivity contribution in [2.45, 2.75) is 26.2 Å². The van der Waals surface area contributed by atoms with Gasteiger partial charge in [-0.25, -0.2) is 8.78 Å². The van der Waals surface area contributed by atoms with Crippen LogP contribution in [0.2, 0.25) is 0 Å². The Kier molecular flexibility index (Phi) is 5.87. The van der Waals surface area contributed by atoms with Gasteiger partial charge < -0.3 is 4.74 Å². The summed E-state index contributed by atoms with van der Waals surface area (Å²) in [4.78, 5) is 11.6. The van der Waals surface area contributed by atoms with Crippen molar-refractivity contribution in [1.82, 2.24) is 9.78 Å². The fourth-order valence-corrected chi connectivity index (χ4v) is 1.98. The smallest absolute Gasteiger partial charge is 0.261 e. The molecule has 0 aromatic carbocycles. The number of aryl methyl sites for hydroxylation is 2. The molecule has 0 saturated heterocycles. The maximum atomic E-state index is 11.8. The number of hydrogen-bond donors (Lipinski definition) is 0. The number of halogens is 3. The number of nitrogens with zero attached hydrogens (tertiary/aromatic N) is 2. The van der Waals surface area contributed by atoms with Crippen molar-refractivity contribution in [2.75, 3.05) is 13.2 Å². The van der Waals surface area contributed by atoms with Gasteiger partial charge >= 0.3 is 0 Å². The van der Waals surface area contributed by atoms with Gasteiger partial charge in [0.1, 0.15) is 12.4 Å². The standard InChI is InChI=1S/C11H15BrF2N2O2/c1-7-11(12)9(16(2)15-7)5-8(17)3-4-18-6-10(13)14/h10H,3-6H2,1-2H3. The maximum absolute atomic E-state index is 11.8. The van der Waals surface area contributed by atoms with E-state index in [0.717, 1.165) is 15.9 Å². The Morgan fingerprint density at radius 2 is 2.22 bits per heavy atom. The molecule has 0 atom stereocenters. The van der Waals surface area contributed by atoms with Crippen LogP contribution in [0.15, 0.2) is 4.47 Å². The molecule has 7 heteroatoms. The summed E-state index contributed by atoms with van der Waals surface area (Å²) in [5.41, 5.74) is 1.60. The molecular weight excluding hydrogens is 310 g/mol. The number of carbonyl (C=O) groups is 1. The first-order valence-corrected chi connectivity index (χ1v) is 6.26. The Balaban J connectivity index is 2.40. The summed E-state index contributed by atoms with van der Waals surface area (Å²) >= 11 is 3.36. The van der Waals surface area contributed by atoms with Gasteiger partial charge in [0.2, 0.25) is 0 Å². The summed E-state index contributed by atoms with van der Waals surface area (Å²) in [6.07, 6.45) is -2.15. The second-order valence-electron chi connectivity index (χ2n) is 3.90. The van der Waals surface area contributed by atoms with E-state index in [1.807, 2.05) is 6.92 Å². The number of carbonyl (C=O) groups excluding carboxylic acids is 1. The second-order valence-corrected chi connectivity index (χ2v) is 4.69. The van der Waals surface area contributed by atoms with E-state index in [1.54, 1.807) is 11.7 Å². The molecule has 0 N–H and O–H groups in total. The SMILES string of the molecule is Cc1nn(C)c(CC(=O)CCOCC(F)F)c1Br. The van der Waals surface area contributed by atoms with Crippen molar-refractivity contribution in [3.05, 3.63) is 15.9 Å². The van der Waals surface area contributed by atoms with Crippen molar-refractivity contribution >= 4 is 21.7 Å². The molecule has 0 amide bonds. The molecule has 1 rings (SSSR count). The van der Waals surface area contributed by atoms with Gasteiger partial charge in [-0.2, -0.15) is 5.10 Å². The zero-order valence-electron chi connectivity index (χ0n) is 10.3. The van der Waals surface area contributed by atoms with E-state index in [0.29, 0.717) is 0 Å². The molecule has 0 spiro atoms. The molecule has 4 nitrogen and oxygen atoms in total. The molecule has 0 bridgehead atoms. The quantitative estimate of drug-likeness (QED) is 0.723. The number of hydrogen-bond acceptors (Lipinski definition) is 3. The average Bonchev–Trinajstić information content (AvgIpc) is 2.51. The minimum absolute atomic E-state index is 0.0254. The van der Waals surface area contributed by atoms with Crippen LogP contribution in [-0.4, -0.2) is 35.2 Å². The Hall–Kier alpha value is -0.820. The Labute approximate surface area is 112 Å². The lowest BCUT2D eigenvalue weighted by molar-refractivity contribution is -0.120. The zero-order valence-corrected chi connectivity index (χ0v) is 11.8. The Bertz CT molecular complexity index is 421. The summed E-state index contributed by atoms with van der Waals surface area (Å²) in [5, 5.41) is 4.17. The van der Waals surface area contributed by atoms with Gasteiger partial charge in [0.15, 0.2) is 0 Å². The van der Waals surface area contributed by atoms with Crippen molar-refractivity contribution < 1.29 is 18.3 Å². The van der Waals surface area contributed by atoms with Crippen LogP contribution in [0.4, 0.5) is 8.78 Å². The normalized spacial score (nSPS) is 11.2. The van der Waals surface area contributed by atoms with Crippen LogP contribution in [0, 0.1) is 6.92 Å². The molecule has 18 heavy (non-hydrogen) atoms. The van der Waals surface area contributed by atoms with Crippen LogP contribution in [0.25, 0.3) is 0 Å². The molecule has 0 radical (unpaired) electrons. The molecule has 0 aliphatic rings. The van der Waals surface area contributed by atoms with Crippen molar-refractivity contribution in [1.29, 1.82) is 0 Å². The van der Waals surface area contributed by atoms with Crippen LogP contribution in [0.1, 0.15) is 17.8 Å². The first-order valence-electron chi connectivity index (χ1n) is 5.47. The van der Waals surface area contributed by atoms with E-state index in [4.69, 9.17) is 0 Å². The lowest BCUT2D eigenvalue weighted by atomic mass is 10.1. The van der Waals surface area contributed by atoms with Gasteiger partial charge in [-0.1, -0.05) is 0 Å². The molecule has 0 saturated carbocycles. The first kappa shape index (κ1) is 15.2. The molecule has 102 valence electrons. The largest absolute Gasteiger partial charge is 0.375 e. The monoisotopic (exact) mass is 324 g/mol. The van der Waals surface area contributed by atoms with Crippen LogP contribution in [-0.2, 0) is 23.0 Å². The van der Waals surface area contributed by atoms with Crippen LogP contribution in [0.3, 0.4) is 0 Å². The Morgan fingerprint density at radius 3 is 2.72 bits per heavy atom. The van der Waals surface area contributed by atoms with E-state index >= 15 is 0 Å². The zero-order chi connectivity index (χ0) is 13.7. The average molecular weight is 325 g/mol. The molecular formula is C11H15BrF2N2O2. The van der Waals surface area contributed by atoms with E-state index in [2.05, 4.69) is 25.8 Å². The van der Waals surface area contributed by atoms with Crippen molar-refractivity contribution in [3.8, 4) is 0 Å².